The van der Waals surface area contributed by atoms with Crippen LogP contribution in [0.3, 0.4) is 0 Å². The summed E-state index contributed by atoms with van der Waals surface area (Å²) in [5, 5.41) is 3.71. The fourth-order valence-electron chi connectivity index (χ4n) is 2.46. The third kappa shape index (κ3) is 2.44. The van der Waals surface area contributed by atoms with Crippen LogP contribution < -0.4 is 0 Å². The molecule has 112 valence electrons. The zero-order chi connectivity index (χ0) is 15.7. The van der Waals surface area contributed by atoms with E-state index in [0.717, 1.165) is 32.6 Å². The Bertz CT molecular complexity index is 870. The monoisotopic (exact) mass is 312 g/mol. The Kier molecular flexibility index (Phi) is 3.81. The van der Waals surface area contributed by atoms with Crippen molar-refractivity contribution in [2.24, 2.45) is 0 Å². The lowest BCUT2D eigenvalue weighted by molar-refractivity contribution is 0.0595. The van der Waals surface area contributed by atoms with E-state index in [2.05, 4.69) is 29.9 Å². The summed E-state index contributed by atoms with van der Waals surface area (Å²) in [5.41, 5.74) is 4.73. The highest BCUT2D eigenvalue weighted by Crippen LogP contribution is 2.33. The average Bonchev–Trinajstić information content (AvgIpc) is 3.15. The number of H-pyrrole nitrogens is 1. The molecule has 2 heterocycles. The summed E-state index contributed by atoms with van der Waals surface area (Å²) >= 11 is 1.45. The van der Waals surface area contributed by atoms with Gasteiger partial charge >= 0.3 is 5.97 Å². The number of hydrogen-bond acceptors (Lipinski definition) is 4. The van der Waals surface area contributed by atoms with E-state index in [9.17, 15) is 4.79 Å². The maximum absolute atomic E-state index is 11.6. The molecule has 0 atom stereocenters. The number of carbonyl (C=O) groups excluding carboxylic acids is 1. The molecule has 0 saturated heterocycles. The number of aromatic amines is 1. The van der Waals surface area contributed by atoms with Gasteiger partial charge in [0.15, 0.2) is 5.69 Å². The second-order valence-electron chi connectivity index (χ2n) is 5.15. The Labute approximate surface area is 132 Å². The van der Waals surface area contributed by atoms with E-state index in [-0.39, 0.29) is 0 Å². The van der Waals surface area contributed by atoms with Gasteiger partial charge in [-0.2, -0.15) is 0 Å². The quantitative estimate of drug-likeness (QED) is 0.735. The number of aromatic nitrogens is 2. The lowest BCUT2D eigenvalue weighted by atomic mass is 10.0. The molecule has 0 bridgehead atoms. The zero-order valence-electron chi connectivity index (χ0n) is 12.6. The predicted octanol–water partition coefficient (Wildman–Crippen LogP) is 4.25. The molecule has 1 N–H and O–H groups in total. The van der Waals surface area contributed by atoms with Crippen LogP contribution in [-0.4, -0.2) is 23.0 Å². The number of nitrogens with zero attached hydrogens (tertiary/aromatic N) is 1. The van der Waals surface area contributed by atoms with Crippen molar-refractivity contribution in [3.05, 3.63) is 57.7 Å². The fraction of sp³-hybridized carbons (Fsp3) is 0.176. The van der Waals surface area contributed by atoms with Gasteiger partial charge in [0.2, 0.25) is 0 Å². The second-order valence-corrected chi connectivity index (χ2v) is 6.01. The van der Waals surface area contributed by atoms with Gasteiger partial charge in [0, 0.05) is 33.6 Å². The van der Waals surface area contributed by atoms with Crippen molar-refractivity contribution in [1.82, 2.24) is 9.97 Å². The molecule has 22 heavy (non-hydrogen) atoms. The van der Waals surface area contributed by atoms with E-state index >= 15 is 0 Å². The first-order chi connectivity index (χ1) is 10.6. The van der Waals surface area contributed by atoms with Gasteiger partial charge in [0.1, 0.15) is 5.01 Å². The van der Waals surface area contributed by atoms with Crippen LogP contribution in [0, 0.1) is 0 Å². The molecular weight excluding hydrogens is 296 g/mol. The summed E-state index contributed by atoms with van der Waals surface area (Å²) in [6, 6.07) is 8.15. The van der Waals surface area contributed by atoms with Crippen LogP contribution in [0.5, 0.6) is 0 Å². The van der Waals surface area contributed by atoms with Gasteiger partial charge in [-0.25, -0.2) is 9.78 Å². The van der Waals surface area contributed by atoms with Crippen molar-refractivity contribution in [2.45, 2.75) is 13.8 Å². The lowest BCUT2D eigenvalue weighted by Crippen LogP contribution is -2.01. The molecule has 0 aliphatic carbocycles. The highest BCUT2D eigenvalue weighted by molar-refractivity contribution is 7.11. The highest BCUT2D eigenvalue weighted by atomic mass is 32.1. The fourth-order valence-corrected chi connectivity index (χ4v) is 3.42. The van der Waals surface area contributed by atoms with E-state index in [1.807, 2.05) is 24.4 Å². The third-order valence-corrected chi connectivity index (χ3v) is 4.33. The van der Waals surface area contributed by atoms with Crippen LogP contribution in [0.4, 0.5) is 0 Å². The molecule has 3 aromatic rings. The van der Waals surface area contributed by atoms with Gasteiger partial charge in [0.25, 0.3) is 0 Å². The number of allylic oxidation sites excluding steroid dienone is 1. The molecule has 0 unspecified atom stereocenters. The van der Waals surface area contributed by atoms with Gasteiger partial charge in [-0.1, -0.05) is 23.8 Å². The third-order valence-electron chi connectivity index (χ3n) is 3.47. The standard InChI is InChI=1S/C17H16N2O2S/c1-10(2)15(16-19-14(9-22-16)17(20)21-3)12-8-18-13-7-5-4-6-11(12)13/h4-9,18H,1-3H3. The normalized spacial score (nSPS) is 10.7. The molecule has 1 aromatic carbocycles. The molecule has 0 aliphatic heterocycles. The average molecular weight is 312 g/mol. The Hall–Kier alpha value is -2.40. The van der Waals surface area contributed by atoms with E-state index in [0.29, 0.717) is 5.69 Å². The minimum atomic E-state index is -0.408. The van der Waals surface area contributed by atoms with Gasteiger partial charge in [-0.15, -0.1) is 11.3 Å². The summed E-state index contributed by atoms with van der Waals surface area (Å²) in [5.74, 6) is -0.408. The maximum atomic E-state index is 11.6. The van der Waals surface area contributed by atoms with Crippen molar-refractivity contribution < 1.29 is 9.53 Å². The Morgan fingerprint density at radius 1 is 1.27 bits per heavy atom. The van der Waals surface area contributed by atoms with E-state index in [1.54, 1.807) is 5.38 Å². The Morgan fingerprint density at radius 3 is 2.77 bits per heavy atom. The molecule has 0 fully saturated rings. The van der Waals surface area contributed by atoms with E-state index in [1.165, 1.54) is 18.4 Å². The SMILES string of the molecule is COC(=O)c1csc(C(=C(C)C)c2c[nH]c3ccccc23)n1. The van der Waals surface area contributed by atoms with E-state index in [4.69, 9.17) is 4.74 Å². The van der Waals surface area contributed by atoms with Gasteiger partial charge in [-0.05, 0) is 19.9 Å². The number of para-hydroxylation sites is 1. The number of nitrogens with one attached hydrogen (secondary N) is 1. The number of methoxy groups -OCH3 is 1. The molecule has 5 heteroatoms. The number of hydrogen-bond donors (Lipinski definition) is 1. The van der Waals surface area contributed by atoms with Crippen LogP contribution in [0.25, 0.3) is 16.5 Å². The minimum absolute atomic E-state index is 0.348. The van der Waals surface area contributed by atoms with Gasteiger partial charge in [-0.3, -0.25) is 0 Å². The largest absolute Gasteiger partial charge is 0.464 e. The summed E-state index contributed by atoms with van der Waals surface area (Å²) < 4.78 is 4.73. The van der Waals surface area contributed by atoms with Crippen LogP contribution in [0.2, 0.25) is 0 Å². The Morgan fingerprint density at radius 2 is 2.05 bits per heavy atom. The first kappa shape index (κ1) is 14.5. The highest BCUT2D eigenvalue weighted by Gasteiger charge is 2.18. The number of rotatable bonds is 3. The van der Waals surface area contributed by atoms with Crippen molar-refractivity contribution in [1.29, 1.82) is 0 Å². The predicted molar refractivity (Wildman–Crippen MR) is 89.1 cm³/mol. The van der Waals surface area contributed by atoms with Gasteiger partial charge < -0.3 is 9.72 Å². The van der Waals surface area contributed by atoms with Crippen molar-refractivity contribution in [3.63, 3.8) is 0 Å². The minimum Gasteiger partial charge on any atom is -0.464 e. The number of fused-ring (bicyclic) bond motifs is 1. The molecule has 0 amide bonds. The molecule has 0 spiro atoms. The van der Waals surface area contributed by atoms with Crippen molar-refractivity contribution in [2.75, 3.05) is 7.11 Å². The molecule has 0 aliphatic rings. The van der Waals surface area contributed by atoms with Crippen LogP contribution in [0.1, 0.15) is 34.9 Å². The lowest BCUT2D eigenvalue weighted by Gasteiger charge is -2.06. The van der Waals surface area contributed by atoms with Crippen molar-refractivity contribution in [3.8, 4) is 0 Å². The molecule has 0 saturated carbocycles. The number of thiazole rings is 1. The number of ether oxygens (including phenoxy) is 1. The summed E-state index contributed by atoms with van der Waals surface area (Å²) in [6.45, 7) is 4.10. The summed E-state index contributed by atoms with van der Waals surface area (Å²) in [4.78, 5) is 19.3. The Balaban J connectivity index is 2.14. The smallest absolute Gasteiger partial charge is 0.357 e. The van der Waals surface area contributed by atoms with Crippen LogP contribution >= 0.6 is 11.3 Å². The molecule has 2 aromatic heterocycles. The van der Waals surface area contributed by atoms with Crippen LogP contribution in [0.15, 0.2) is 41.4 Å². The maximum Gasteiger partial charge on any atom is 0.357 e. The second kappa shape index (κ2) is 5.77. The number of esters is 1. The molecule has 4 nitrogen and oxygen atoms in total. The first-order valence-corrected chi connectivity index (χ1v) is 7.78. The van der Waals surface area contributed by atoms with E-state index < -0.39 is 5.97 Å². The number of carbonyl (C=O) groups is 1. The van der Waals surface area contributed by atoms with Gasteiger partial charge in [0.05, 0.1) is 7.11 Å². The van der Waals surface area contributed by atoms with Crippen LogP contribution in [-0.2, 0) is 4.74 Å². The number of benzene rings is 1. The molecule has 3 rings (SSSR count). The molecular formula is C17H16N2O2S. The first-order valence-electron chi connectivity index (χ1n) is 6.90. The summed E-state index contributed by atoms with van der Waals surface area (Å²) in [6.07, 6.45) is 1.99. The zero-order valence-corrected chi connectivity index (χ0v) is 13.5. The summed E-state index contributed by atoms with van der Waals surface area (Å²) in [7, 11) is 1.36. The molecule has 0 radical (unpaired) electrons. The topological polar surface area (TPSA) is 55.0 Å². The van der Waals surface area contributed by atoms with Crippen molar-refractivity contribution >= 4 is 33.8 Å².